The first-order valence-electron chi connectivity index (χ1n) is 28.2. The van der Waals surface area contributed by atoms with Crippen LogP contribution in [0, 0.1) is 0 Å². The fraction of sp³-hybridized carbons (Fsp3) is 0. The third-order valence-electron chi connectivity index (χ3n) is 16.2. The van der Waals surface area contributed by atoms with E-state index in [-0.39, 0.29) is 0 Å². The molecule has 0 aliphatic rings. The molecule has 4 aromatic heterocycles. The molecule has 0 bridgehead atoms. The quantitative estimate of drug-likeness (QED) is 0.136. The second-order valence-corrected chi connectivity index (χ2v) is 21.3. The predicted octanol–water partition coefficient (Wildman–Crippen LogP) is 20.9. The van der Waals surface area contributed by atoms with Crippen LogP contribution in [-0.2, 0) is 0 Å². The summed E-state index contributed by atoms with van der Waals surface area (Å²) in [6.07, 6.45) is 1.81. The van der Waals surface area contributed by atoms with Gasteiger partial charge in [-0.15, -0.1) is 0 Å². The van der Waals surface area contributed by atoms with Gasteiger partial charge < -0.3 is 8.83 Å². The first kappa shape index (κ1) is 48.6. The van der Waals surface area contributed by atoms with E-state index in [1.54, 1.807) is 0 Å². The summed E-state index contributed by atoms with van der Waals surface area (Å²) in [7, 11) is 0. The highest BCUT2D eigenvalue weighted by Gasteiger charge is 2.20. The summed E-state index contributed by atoms with van der Waals surface area (Å²) in [5.41, 5.74) is 21.3. The lowest BCUT2D eigenvalue weighted by atomic mass is 9.95. The largest absolute Gasteiger partial charge is 0.435 e. The van der Waals surface area contributed by atoms with E-state index in [0.717, 1.165) is 123 Å². The summed E-state index contributed by atoms with van der Waals surface area (Å²) in [4.78, 5) is 20.2. The molecule has 392 valence electrons. The van der Waals surface area contributed by atoms with Gasteiger partial charge in [0.05, 0.1) is 17.1 Å². The van der Waals surface area contributed by atoms with Crippen LogP contribution in [0.15, 0.2) is 300 Å². The molecule has 0 atom stereocenters. The van der Waals surface area contributed by atoms with Crippen LogP contribution < -0.4 is 0 Å². The standard InChI is InChI=1S/C78H48N4O2/c1-4-13-60-46-63(38-27-49(60)10-1)67-41-42-69(65-40-29-51-12-3-6-15-62(51)48-65)76-74(67)82-78(84-76)59-36-25-54(26-37-59)52-19-30-56(31-20-52)66-43-44-71(70-17-7-8-45-79-70)80-73(66)57-32-21-53(22-33-57)55-23-34-58(35-24-55)77-81-72-18-9-16-68(75(72)83-77)64-39-28-50-11-2-5-14-61(50)47-64/h1-48H. The van der Waals surface area contributed by atoms with Gasteiger partial charge in [-0.05, 0) is 156 Å². The summed E-state index contributed by atoms with van der Waals surface area (Å²) in [5, 5.41) is 7.15. The van der Waals surface area contributed by atoms with Crippen LogP contribution in [0.25, 0.3) is 167 Å². The number of aromatic nitrogens is 4. The minimum Gasteiger partial charge on any atom is -0.435 e. The van der Waals surface area contributed by atoms with Gasteiger partial charge in [0.2, 0.25) is 11.8 Å². The van der Waals surface area contributed by atoms with Crippen LogP contribution in [0.2, 0.25) is 0 Å². The van der Waals surface area contributed by atoms with Gasteiger partial charge in [0, 0.05) is 45.1 Å². The van der Waals surface area contributed by atoms with Crippen molar-refractivity contribution in [3.63, 3.8) is 0 Å². The molecule has 0 radical (unpaired) electrons. The third kappa shape index (κ3) is 8.87. The summed E-state index contributed by atoms with van der Waals surface area (Å²) < 4.78 is 13.4. The van der Waals surface area contributed by atoms with Crippen molar-refractivity contribution in [2.75, 3.05) is 0 Å². The van der Waals surface area contributed by atoms with Gasteiger partial charge in [-0.25, -0.2) is 15.0 Å². The van der Waals surface area contributed by atoms with Gasteiger partial charge in [-0.1, -0.05) is 206 Å². The molecule has 0 saturated heterocycles. The molecule has 0 fully saturated rings. The van der Waals surface area contributed by atoms with Crippen LogP contribution >= 0.6 is 0 Å². The zero-order valence-corrected chi connectivity index (χ0v) is 45.3. The van der Waals surface area contributed by atoms with E-state index in [1.807, 2.05) is 36.5 Å². The minimum absolute atomic E-state index is 0.575. The number of hydrogen-bond donors (Lipinski definition) is 0. The summed E-state index contributed by atoms with van der Waals surface area (Å²) in [5.74, 6) is 1.17. The fourth-order valence-corrected chi connectivity index (χ4v) is 11.8. The zero-order chi connectivity index (χ0) is 55.5. The third-order valence-corrected chi connectivity index (χ3v) is 16.2. The molecule has 12 aromatic carbocycles. The molecule has 4 heterocycles. The summed E-state index contributed by atoms with van der Waals surface area (Å²) in [6, 6.07) is 100. The van der Waals surface area contributed by atoms with Crippen LogP contribution in [0.3, 0.4) is 0 Å². The van der Waals surface area contributed by atoms with Crippen molar-refractivity contribution in [3.05, 3.63) is 291 Å². The Morgan fingerprint density at radius 3 is 1.21 bits per heavy atom. The van der Waals surface area contributed by atoms with Crippen molar-refractivity contribution >= 4 is 54.5 Å². The normalized spacial score (nSPS) is 11.6. The lowest BCUT2D eigenvalue weighted by Gasteiger charge is -2.13. The molecule has 16 aromatic rings. The minimum atomic E-state index is 0.575. The molecule has 0 amide bonds. The average molecular weight is 1070 g/mol. The van der Waals surface area contributed by atoms with E-state index in [9.17, 15) is 0 Å². The smallest absolute Gasteiger partial charge is 0.227 e. The Morgan fingerprint density at radius 2 is 0.667 bits per heavy atom. The fourth-order valence-electron chi connectivity index (χ4n) is 11.8. The zero-order valence-electron chi connectivity index (χ0n) is 45.3. The Balaban J connectivity index is 0.684. The maximum atomic E-state index is 6.85. The van der Waals surface area contributed by atoms with Crippen molar-refractivity contribution in [2.45, 2.75) is 0 Å². The first-order valence-corrected chi connectivity index (χ1v) is 28.2. The number of pyridine rings is 2. The lowest BCUT2D eigenvalue weighted by Crippen LogP contribution is -1.94. The average Bonchev–Trinajstić information content (AvgIpc) is 2.77. The van der Waals surface area contributed by atoms with E-state index < -0.39 is 0 Å². The Morgan fingerprint density at radius 1 is 0.238 bits per heavy atom. The molecule has 6 heteroatoms. The van der Waals surface area contributed by atoms with Crippen LogP contribution in [-0.4, -0.2) is 19.9 Å². The van der Waals surface area contributed by atoms with Crippen molar-refractivity contribution in [2.24, 2.45) is 0 Å². The highest BCUT2D eigenvalue weighted by Crippen LogP contribution is 2.42. The molecule has 0 unspecified atom stereocenters. The van der Waals surface area contributed by atoms with Crippen LogP contribution in [0.5, 0.6) is 0 Å². The number of benzene rings is 12. The van der Waals surface area contributed by atoms with E-state index in [4.69, 9.17) is 23.8 Å². The summed E-state index contributed by atoms with van der Waals surface area (Å²) in [6.45, 7) is 0. The maximum Gasteiger partial charge on any atom is 0.227 e. The van der Waals surface area contributed by atoms with E-state index in [0.29, 0.717) is 11.8 Å². The van der Waals surface area contributed by atoms with Gasteiger partial charge >= 0.3 is 0 Å². The molecule has 0 aliphatic carbocycles. The van der Waals surface area contributed by atoms with Gasteiger partial charge in [0.25, 0.3) is 0 Å². The molecular formula is C78H48N4O2. The molecule has 16 rings (SSSR count). The highest BCUT2D eigenvalue weighted by atomic mass is 16.4. The number of nitrogens with zero attached hydrogens (tertiary/aromatic N) is 4. The molecular weight excluding hydrogens is 1020 g/mol. The van der Waals surface area contributed by atoms with Gasteiger partial charge in [0.1, 0.15) is 11.0 Å². The van der Waals surface area contributed by atoms with Gasteiger partial charge in [-0.3, -0.25) is 4.98 Å². The number of rotatable bonds is 10. The monoisotopic (exact) mass is 1070 g/mol. The topological polar surface area (TPSA) is 77.8 Å². The maximum absolute atomic E-state index is 6.85. The molecule has 84 heavy (non-hydrogen) atoms. The SMILES string of the molecule is c1ccc(-c2ccc(-c3ccc(-c4ccc(-c5nc6c(-c7ccc8ccccc8c7)ccc(-c7ccc8ccccc8c7)c6o5)cc4)cc3)c(-c3ccc(-c4ccc(-c5nc6cccc(-c7ccc8ccccc8c7)c6o5)cc4)cc3)n2)nc1. The molecule has 0 spiro atoms. The number of hydrogen-bond acceptors (Lipinski definition) is 6. The Kier molecular flexibility index (Phi) is 11.8. The molecule has 6 nitrogen and oxygen atoms in total. The van der Waals surface area contributed by atoms with Crippen LogP contribution in [0.4, 0.5) is 0 Å². The Hall–Kier alpha value is -11.3. The summed E-state index contributed by atoms with van der Waals surface area (Å²) >= 11 is 0. The second kappa shape index (κ2) is 20.3. The highest BCUT2D eigenvalue weighted by molar-refractivity contribution is 6.03. The lowest BCUT2D eigenvalue weighted by molar-refractivity contribution is 0.620. The molecule has 0 N–H and O–H groups in total. The number of fused-ring (bicyclic) bond motifs is 5. The van der Waals surface area contributed by atoms with Gasteiger partial charge in [-0.2, -0.15) is 0 Å². The van der Waals surface area contributed by atoms with E-state index in [2.05, 4.69) is 260 Å². The van der Waals surface area contributed by atoms with Crippen molar-refractivity contribution in [3.8, 4) is 112 Å². The number of para-hydroxylation sites is 1. The van der Waals surface area contributed by atoms with Crippen molar-refractivity contribution in [1.82, 2.24) is 19.9 Å². The van der Waals surface area contributed by atoms with E-state index in [1.165, 1.54) is 32.3 Å². The van der Waals surface area contributed by atoms with Crippen molar-refractivity contribution < 1.29 is 8.83 Å². The van der Waals surface area contributed by atoms with Crippen molar-refractivity contribution in [1.29, 1.82) is 0 Å². The second-order valence-electron chi connectivity index (χ2n) is 21.3. The Labute approximate surface area is 484 Å². The molecule has 0 aliphatic heterocycles. The van der Waals surface area contributed by atoms with Crippen LogP contribution in [0.1, 0.15) is 0 Å². The Bertz CT molecular complexity index is 5050. The molecule has 0 saturated carbocycles. The predicted molar refractivity (Wildman–Crippen MR) is 344 cm³/mol. The van der Waals surface area contributed by atoms with E-state index >= 15 is 0 Å². The first-order chi connectivity index (χ1) is 41.6. The van der Waals surface area contributed by atoms with Gasteiger partial charge in [0.15, 0.2) is 11.2 Å². The number of oxazole rings is 2.